The molecule has 5 rings (SSSR count). The van der Waals surface area contributed by atoms with Crippen LogP contribution in [0.4, 0.5) is 15.8 Å². The maximum atomic E-state index is 14.1. The van der Waals surface area contributed by atoms with Gasteiger partial charge in [-0.2, -0.15) is 0 Å². The van der Waals surface area contributed by atoms with E-state index < -0.39 is 23.1 Å². The second-order valence-electron chi connectivity index (χ2n) is 8.37. The average molecular weight is 447 g/mol. The van der Waals surface area contributed by atoms with Crippen LogP contribution < -0.4 is 9.04 Å². The number of hydrogen-bond acceptors (Lipinski definition) is 4. The number of hydrogen-bond donors (Lipinski definition) is 2. The fourth-order valence-corrected chi connectivity index (χ4v) is 5.43. The monoisotopic (exact) mass is 446 g/mol. The van der Waals surface area contributed by atoms with E-state index in [-0.39, 0.29) is 28.8 Å². The molecule has 3 atom stereocenters. The minimum Gasteiger partial charge on any atom is -0.492 e. The van der Waals surface area contributed by atoms with Gasteiger partial charge in [0.1, 0.15) is 17.1 Å². The van der Waals surface area contributed by atoms with Gasteiger partial charge in [-0.1, -0.05) is 13.0 Å². The molecule has 1 aliphatic carbocycles. The number of likely N-dealkylation sites (N-methyl/N-ethyl adjacent to an activating group) is 1. The standard InChI is InChI=1S/C22H23FN2O5S/c1-2-24-9-13(10-24)17-8-14(23)3-5-18(17)25(31(28)29)19-6-4-15-16-7-12(16)11-30-21(15)20(19)22(26)27/h3-6,8,12-13,16H,2,7,9-11H2,1H3,(H,26,27)(H,28,29). The van der Waals surface area contributed by atoms with E-state index in [1.165, 1.54) is 18.2 Å². The molecule has 31 heavy (non-hydrogen) atoms. The number of fused-ring (bicyclic) bond motifs is 3. The van der Waals surface area contributed by atoms with Crippen LogP contribution in [0.5, 0.6) is 5.75 Å². The first-order chi connectivity index (χ1) is 14.9. The van der Waals surface area contributed by atoms with E-state index >= 15 is 0 Å². The number of carboxylic acid groups (broad SMARTS) is 1. The van der Waals surface area contributed by atoms with Crippen molar-refractivity contribution in [3.63, 3.8) is 0 Å². The summed E-state index contributed by atoms with van der Waals surface area (Å²) in [7, 11) is 0. The van der Waals surface area contributed by atoms with Crippen LogP contribution in [0.2, 0.25) is 0 Å². The lowest BCUT2D eigenvalue weighted by Gasteiger charge is -2.40. The summed E-state index contributed by atoms with van der Waals surface area (Å²) >= 11 is -2.57. The molecule has 2 fully saturated rings. The largest absolute Gasteiger partial charge is 0.492 e. The van der Waals surface area contributed by atoms with Crippen LogP contribution in [0.15, 0.2) is 30.3 Å². The number of rotatable bonds is 6. The molecule has 0 bridgehead atoms. The van der Waals surface area contributed by atoms with E-state index in [0.717, 1.165) is 22.8 Å². The Labute approximate surface area is 181 Å². The Balaban J connectivity index is 1.64. The zero-order chi connectivity index (χ0) is 21.9. The molecule has 2 heterocycles. The summed E-state index contributed by atoms with van der Waals surface area (Å²) in [4.78, 5) is 14.4. The van der Waals surface area contributed by atoms with Crippen LogP contribution in [0.3, 0.4) is 0 Å². The van der Waals surface area contributed by atoms with E-state index in [1.807, 2.05) is 6.92 Å². The van der Waals surface area contributed by atoms with Crippen molar-refractivity contribution >= 4 is 28.6 Å². The van der Waals surface area contributed by atoms with Gasteiger partial charge < -0.3 is 14.7 Å². The van der Waals surface area contributed by atoms with Crippen LogP contribution in [-0.2, 0) is 11.3 Å². The Morgan fingerprint density at radius 3 is 2.68 bits per heavy atom. The van der Waals surface area contributed by atoms with Gasteiger partial charge in [0.05, 0.1) is 18.0 Å². The maximum absolute atomic E-state index is 14.1. The van der Waals surface area contributed by atoms with Gasteiger partial charge in [0.25, 0.3) is 11.3 Å². The molecule has 2 aromatic rings. The summed E-state index contributed by atoms with van der Waals surface area (Å²) in [6.45, 7) is 4.76. The molecule has 7 nitrogen and oxygen atoms in total. The highest BCUT2D eigenvalue weighted by Gasteiger charge is 2.46. The van der Waals surface area contributed by atoms with E-state index in [1.54, 1.807) is 12.1 Å². The normalized spacial score (nSPS) is 23.2. The molecule has 9 heteroatoms. The van der Waals surface area contributed by atoms with Crippen LogP contribution in [0.1, 0.15) is 46.7 Å². The van der Waals surface area contributed by atoms with Gasteiger partial charge in [-0.25, -0.2) is 17.7 Å². The molecule has 1 saturated carbocycles. The summed E-state index contributed by atoms with van der Waals surface area (Å²) in [5.74, 6) is -0.725. The smallest absolute Gasteiger partial charge is 0.341 e. The summed E-state index contributed by atoms with van der Waals surface area (Å²) in [5.41, 5.74) is 1.67. The summed E-state index contributed by atoms with van der Waals surface area (Å²) in [5, 5.41) is 9.99. The van der Waals surface area contributed by atoms with Crippen LogP contribution in [0, 0.1) is 11.7 Å². The lowest BCUT2D eigenvalue weighted by molar-refractivity contribution is 0.0692. The SMILES string of the molecule is CCN1CC(c2cc(F)ccc2N(c2ccc3c(c2C(=O)O)OCC2CC32)S(=O)O)C1. The molecule has 0 amide bonds. The zero-order valence-electron chi connectivity index (χ0n) is 17.0. The predicted molar refractivity (Wildman–Crippen MR) is 114 cm³/mol. The summed E-state index contributed by atoms with van der Waals surface area (Å²) in [6, 6.07) is 7.38. The number of ether oxygens (including phenoxy) is 1. The van der Waals surface area contributed by atoms with Crippen molar-refractivity contribution < 1.29 is 27.8 Å². The molecule has 3 unspecified atom stereocenters. The van der Waals surface area contributed by atoms with Crippen LogP contribution in [-0.4, -0.2) is 51.0 Å². The molecule has 0 spiro atoms. The lowest BCUT2D eigenvalue weighted by Crippen LogP contribution is -2.45. The number of aromatic carboxylic acids is 1. The van der Waals surface area contributed by atoms with Crippen molar-refractivity contribution in [3.8, 4) is 5.75 Å². The number of likely N-dealkylation sites (tertiary alicyclic amines) is 1. The molecular weight excluding hydrogens is 423 g/mol. The van der Waals surface area contributed by atoms with Gasteiger partial charge in [0.2, 0.25) is 0 Å². The molecule has 2 aromatic carbocycles. The molecule has 2 N–H and O–H groups in total. The number of nitrogens with zero attached hydrogens (tertiary/aromatic N) is 2. The molecule has 164 valence electrons. The predicted octanol–water partition coefficient (Wildman–Crippen LogP) is 3.71. The van der Waals surface area contributed by atoms with Crippen LogP contribution >= 0.6 is 0 Å². The second kappa shape index (κ2) is 7.58. The number of halogens is 1. The fraction of sp³-hybridized carbons (Fsp3) is 0.409. The molecular formula is C22H23FN2O5S. The lowest BCUT2D eigenvalue weighted by atomic mass is 9.89. The Kier molecular flexibility index (Phi) is 4.99. The van der Waals surface area contributed by atoms with Crippen molar-refractivity contribution in [1.29, 1.82) is 0 Å². The highest BCUT2D eigenvalue weighted by atomic mass is 32.2. The Bertz CT molecular complexity index is 1090. The molecule has 0 radical (unpaired) electrons. The summed E-state index contributed by atoms with van der Waals surface area (Å²) < 4.78 is 43.7. The van der Waals surface area contributed by atoms with Gasteiger partial charge in [-0.15, -0.1) is 0 Å². The number of carboxylic acids is 1. The third kappa shape index (κ3) is 3.40. The van der Waals surface area contributed by atoms with Gasteiger partial charge in [-0.3, -0.25) is 4.55 Å². The average Bonchev–Trinajstić information content (AvgIpc) is 3.48. The Hall–Kier alpha value is -2.49. The first kappa shape index (κ1) is 20.4. The highest BCUT2D eigenvalue weighted by molar-refractivity contribution is 7.81. The molecule has 0 aromatic heterocycles. The fourth-order valence-electron chi connectivity index (χ4n) is 4.77. The molecule has 2 aliphatic heterocycles. The quantitative estimate of drug-likeness (QED) is 0.658. The van der Waals surface area contributed by atoms with E-state index in [4.69, 9.17) is 4.74 Å². The van der Waals surface area contributed by atoms with Gasteiger partial charge in [0.15, 0.2) is 0 Å². The third-order valence-corrected chi connectivity index (χ3v) is 7.28. The van der Waals surface area contributed by atoms with Crippen molar-refractivity contribution in [1.82, 2.24) is 4.90 Å². The van der Waals surface area contributed by atoms with Gasteiger partial charge in [0, 0.05) is 24.9 Å². The Morgan fingerprint density at radius 1 is 1.26 bits per heavy atom. The van der Waals surface area contributed by atoms with Crippen LogP contribution in [0.25, 0.3) is 0 Å². The van der Waals surface area contributed by atoms with Crippen molar-refractivity contribution in [2.75, 3.05) is 30.5 Å². The summed E-state index contributed by atoms with van der Waals surface area (Å²) in [6.07, 6.45) is 0.957. The number of benzene rings is 2. The first-order valence-electron chi connectivity index (χ1n) is 10.3. The van der Waals surface area contributed by atoms with Crippen molar-refractivity contribution in [2.45, 2.75) is 25.2 Å². The molecule has 1 saturated heterocycles. The van der Waals surface area contributed by atoms with Crippen molar-refractivity contribution in [2.24, 2.45) is 5.92 Å². The highest BCUT2D eigenvalue weighted by Crippen LogP contribution is 2.56. The minimum atomic E-state index is -2.57. The number of anilines is 2. The van der Waals surface area contributed by atoms with E-state index in [9.17, 15) is 23.1 Å². The van der Waals surface area contributed by atoms with E-state index in [2.05, 4.69) is 4.90 Å². The van der Waals surface area contributed by atoms with Gasteiger partial charge in [-0.05, 0) is 54.3 Å². The van der Waals surface area contributed by atoms with Crippen molar-refractivity contribution in [3.05, 3.63) is 52.8 Å². The van der Waals surface area contributed by atoms with E-state index in [0.29, 0.717) is 36.9 Å². The topological polar surface area (TPSA) is 90.3 Å². The zero-order valence-corrected chi connectivity index (χ0v) is 17.8. The first-order valence-corrected chi connectivity index (χ1v) is 11.4. The molecule has 3 aliphatic rings. The maximum Gasteiger partial charge on any atom is 0.341 e. The second-order valence-corrected chi connectivity index (χ2v) is 9.20. The minimum absolute atomic E-state index is 0.00826. The third-order valence-electron chi connectivity index (χ3n) is 6.57. The number of carbonyl (C=O) groups is 1. The van der Waals surface area contributed by atoms with Gasteiger partial charge >= 0.3 is 5.97 Å². The Morgan fingerprint density at radius 2 is 2.00 bits per heavy atom.